The van der Waals surface area contributed by atoms with Crippen molar-refractivity contribution in [3.63, 3.8) is 0 Å². The van der Waals surface area contributed by atoms with Crippen LogP contribution in [0.2, 0.25) is 0 Å². The Labute approximate surface area is 134 Å². The molecule has 0 aliphatic carbocycles. The topological polar surface area (TPSA) is 68.0 Å². The van der Waals surface area contributed by atoms with Gasteiger partial charge in [0.25, 0.3) is 5.91 Å². The predicted octanol–water partition coefficient (Wildman–Crippen LogP) is 3.54. The van der Waals surface area contributed by atoms with Gasteiger partial charge in [-0.1, -0.05) is 41.6 Å². The van der Waals surface area contributed by atoms with E-state index in [1.54, 1.807) is 13.1 Å². The van der Waals surface area contributed by atoms with Crippen LogP contribution in [0.3, 0.4) is 0 Å². The first kappa shape index (κ1) is 15.0. The van der Waals surface area contributed by atoms with Crippen LogP contribution in [0.25, 0.3) is 11.3 Å². The van der Waals surface area contributed by atoms with Crippen LogP contribution in [0.1, 0.15) is 34.8 Å². The molecule has 3 aromatic rings. The lowest BCUT2D eigenvalue weighted by Gasteiger charge is -2.13. The minimum absolute atomic E-state index is 0.207. The van der Waals surface area contributed by atoms with Crippen molar-refractivity contribution >= 4 is 5.91 Å². The lowest BCUT2D eigenvalue weighted by atomic mass is 10.1. The third-order valence-corrected chi connectivity index (χ3v) is 3.62. The maximum Gasteiger partial charge on any atom is 0.257 e. The summed E-state index contributed by atoms with van der Waals surface area (Å²) in [6.45, 7) is 3.63. The molecule has 1 unspecified atom stereocenters. The molecule has 23 heavy (non-hydrogen) atoms. The Morgan fingerprint density at radius 3 is 2.57 bits per heavy atom. The lowest BCUT2D eigenvalue weighted by molar-refractivity contribution is 0.0938. The molecular weight excluding hydrogens is 290 g/mol. The molecule has 1 aromatic carbocycles. The van der Waals surface area contributed by atoms with Gasteiger partial charge >= 0.3 is 0 Å². The number of pyridine rings is 1. The highest BCUT2D eigenvalue weighted by molar-refractivity contribution is 6.00. The smallest absolute Gasteiger partial charge is 0.257 e. The quantitative estimate of drug-likeness (QED) is 0.800. The highest BCUT2D eigenvalue weighted by atomic mass is 16.5. The molecule has 5 heteroatoms. The molecule has 0 radical (unpaired) electrons. The molecule has 3 rings (SSSR count). The fraction of sp³-hybridized carbons (Fsp3) is 0.167. The highest BCUT2D eigenvalue weighted by Crippen LogP contribution is 2.25. The van der Waals surface area contributed by atoms with E-state index in [2.05, 4.69) is 15.5 Å². The van der Waals surface area contributed by atoms with Crippen molar-refractivity contribution < 1.29 is 9.32 Å². The van der Waals surface area contributed by atoms with Gasteiger partial charge in [-0.2, -0.15) is 0 Å². The maximum absolute atomic E-state index is 12.7. The molecule has 5 nitrogen and oxygen atoms in total. The Balaban J connectivity index is 1.87. The molecule has 0 saturated heterocycles. The van der Waals surface area contributed by atoms with Crippen LogP contribution in [0.5, 0.6) is 0 Å². The van der Waals surface area contributed by atoms with Gasteiger partial charge in [0.05, 0.1) is 11.7 Å². The van der Waals surface area contributed by atoms with Crippen molar-refractivity contribution in [2.75, 3.05) is 0 Å². The molecule has 0 aliphatic rings. The fourth-order valence-corrected chi connectivity index (χ4v) is 2.41. The monoisotopic (exact) mass is 307 g/mol. The molecule has 2 aromatic heterocycles. The minimum atomic E-state index is -0.222. The third kappa shape index (κ3) is 3.13. The van der Waals surface area contributed by atoms with Gasteiger partial charge in [-0.25, -0.2) is 0 Å². The molecule has 1 atom stereocenters. The van der Waals surface area contributed by atoms with Crippen molar-refractivity contribution in [2.24, 2.45) is 0 Å². The van der Waals surface area contributed by atoms with E-state index in [0.29, 0.717) is 17.0 Å². The summed E-state index contributed by atoms with van der Waals surface area (Å²) >= 11 is 0. The molecule has 116 valence electrons. The van der Waals surface area contributed by atoms with Gasteiger partial charge in [-0.3, -0.25) is 9.78 Å². The van der Waals surface area contributed by atoms with Crippen molar-refractivity contribution in [1.82, 2.24) is 15.5 Å². The number of nitrogens with one attached hydrogen (secondary N) is 1. The second-order valence-electron chi connectivity index (χ2n) is 5.28. The van der Waals surface area contributed by atoms with E-state index < -0.39 is 0 Å². The Morgan fingerprint density at radius 2 is 1.87 bits per heavy atom. The minimum Gasteiger partial charge on any atom is -0.360 e. The third-order valence-electron chi connectivity index (χ3n) is 3.62. The Hall–Kier alpha value is -2.95. The van der Waals surface area contributed by atoms with Crippen molar-refractivity contribution in [3.8, 4) is 11.3 Å². The van der Waals surface area contributed by atoms with Crippen molar-refractivity contribution in [2.45, 2.75) is 19.9 Å². The number of rotatable bonds is 4. The van der Waals surface area contributed by atoms with E-state index in [-0.39, 0.29) is 11.9 Å². The van der Waals surface area contributed by atoms with Crippen LogP contribution in [0.4, 0.5) is 0 Å². The lowest BCUT2D eigenvalue weighted by Crippen LogP contribution is -2.27. The van der Waals surface area contributed by atoms with Gasteiger partial charge in [0.2, 0.25) is 0 Å². The Morgan fingerprint density at radius 1 is 1.13 bits per heavy atom. The molecule has 1 N–H and O–H groups in total. The van der Waals surface area contributed by atoms with E-state index in [0.717, 1.165) is 11.3 Å². The SMILES string of the molecule is Cc1onc(-c2ccccc2)c1C(=O)NC(C)c1ccccn1. The summed E-state index contributed by atoms with van der Waals surface area (Å²) in [5, 5.41) is 6.98. The zero-order valence-corrected chi connectivity index (χ0v) is 13.0. The Bertz CT molecular complexity index is 798. The number of nitrogens with zero attached hydrogens (tertiary/aromatic N) is 2. The maximum atomic E-state index is 12.7. The first-order valence-corrected chi connectivity index (χ1v) is 7.40. The summed E-state index contributed by atoms with van der Waals surface area (Å²) in [7, 11) is 0. The highest BCUT2D eigenvalue weighted by Gasteiger charge is 2.23. The normalized spacial score (nSPS) is 11.9. The second-order valence-corrected chi connectivity index (χ2v) is 5.28. The first-order chi connectivity index (χ1) is 11.2. The molecular formula is C18H17N3O2. The summed E-state index contributed by atoms with van der Waals surface area (Å²) in [4.78, 5) is 16.9. The van der Waals surface area contributed by atoms with E-state index in [1.165, 1.54) is 0 Å². The molecule has 1 amide bonds. The number of aromatic nitrogens is 2. The van der Waals surface area contributed by atoms with Gasteiger partial charge in [-0.05, 0) is 26.0 Å². The molecule has 0 spiro atoms. The zero-order valence-electron chi connectivity index (χ0n) is 13.0. The van der Waals surface area contributed by atoms with Crippen LogP contribution >= 0.6 is 0 Å². The van der Waals surface area contributed by atoms with Gasteiger partial charge < -0.3 is 9.84 Å². The fourth-order valence-electron chi connectivity index (χ4n) is 2.41. The molecule has 2 heterocycles. The predicted molar refractivity (Wildman–Crippen MR) is 86.8 cm³/mol. The summed E-state index contributed by atoms with van der Waals surface area (Å²) in [6.07, 6.45) is 1.71. The number of benzene rings is 1. The summed E-state index contributed by atoms with van der Waals surface area (Å²) < 4.78 is 5.23. The number of hydrogen-bond donors (Lipinski definition) is 1. The average Bonchev–Trinajstić information content (AvgIpc) is 2.98. The van der Waals surface area contributed by atoms with Gasteiger partial charge in [0, 0.05) is 11.8 Å². The summed E-state index contributed by atoms with van der Waals surface area (Å²) in [6, 6.07) is 14.9. The van der Waals surface area contributed by atoms with Crippen molar-refractivity contribution in [1.29, 1.82) is 0 Å². The van der Waals surface area contributed by atoms with Gasteiger partial charge in [-0.15, -0.1) is 0 Å². The van der Waals surface area contributed by atoms with E-state index in [9.17, 15) is 4.79 Å². The number of amides is 1. The van der Waals surface area contributed by atoms with Gasteiger partial charge in [0.1, 0.15) is 17.0 Å². The van der Waals surface area contributed by atoms with Crippen LogP contribution in [-0.4, -0.2) is 16.0 Å². The van der Waals surface area contributed by atoms with E-state index in [1.807, 2.05) is 55.5 Å². The van der Waals surface area contributed by atoms with Crippen LogP contribution in [0.15, 0.2) is 59.3 Å². The number of carbonyl (C=O) groups is 1. The number of hydrogen-bond acceptors (Lipinski definition) is 4. The summed E-state index contributed by atoms with van der Waals surface area (Å²) in [5.41, 5.74) is 2.66. The molecule has 0 saturated carbocycles. The Kier molecular flexibility index (Phi) is 4.19. The standard InChI is InChI=1S/C18H17N3O2/c1-12(15-10-6-7-11-19-15)20-18(22)16-13(2)23-21-17(16)14-8-4-3-5-9-14/h3-12H,1-2H3,(H,20,22). The first-order valence-electron chi connectivity index (χ1n) is 7.40. The molecule has 0 fully saturated rings. The zero-order chi connectivity index (χ0) is 16.2. The van der Waals surface area contributed by atoms with Crippen LogP contribution in [-0.2, 0) is 0 Å². The van der Waals surface area contributed by atoms with Crippen LogP contribution < -0.4 is 5.32 Å². The average molecular weight is 307 g/mol. The number of aryl methyl sites for hydroxylation is 1. The van der Waals surface area contributed by atoms with Crippen LogP contribution in [0, 0.1) is 6.92 Å². The van der Waals surface area contributed by atoms with E-state index >= 15 is 0 Å². The van der Waals surface area contributed by atoms with E-state index in [4.69, 9.17) is 4.52 Å². The largest absolute Gasteiger partial charge is 0.360 e. The summed E-state index contributed by atoms with van der Waals surface area (Å²) in [5.74, 6) is 0.273. The molecule has 0 bridgehead atoms. The number of carbonyl (C=O) groups excluding carboxylic acids is 1. The van der Waals surface area contributed by atoms with Gasteiger partial charge in [0.15, 0.2) is 0 Å². The van der Waals surface area contributed by atoms with Crippen molar-refractivity contribution in [3.05, 3.63) is 71.7 Å². The second kappa shape index (κ2) is 6.44. The molecule has 0 aliphatic heterocycles.